The van der Waals surface area contributed by atoms with Crippen molar-refractivity contribution in [1.29, 1.82) is 0 Å². The van der Waals surface area contributed by atoms with Crippen molar-refractivity contribution in [3.63, 3.8) is 0 Å². The van der Waals surface area contributed by atoms with Gasteiger partial charge in [0.25, 0.3) is 0 Å². The Morgan fingerprint density at radius 3 is 2.38 bits per heavy atom. The zero-order valence-electron chi connectivity index (χ0n) is 10.9. The summed E-state index contributed by atoms with van der Waals surface area (Å²) in [6, 6.07) is 0. The number of carbonyl (C=O) groups excluding carboxylic acids is 2. The van der Waals surface area contributed by atoms with Gasteiger partial charge in [-0.15, -0.1) is 0 Å². The predicted molar refractivity (Wildman–Crippen MR) is 64.2 cm³/mol. The van der Waals surface area contributed by atoms with Crippen LogP contribution in [-0.2, 0) is 14.3 Å². The third kappa shape index (κ3) is 8.45. The fourth-order valence-corrected chi connectivity index (χ4v) is 1.38. The summed E-state index contributed by atoms with van der Waals surface area (Å²) in [6.07, 6.45) is 5.32. The number of rotatable bonds is 7. The topological polar surface area (TPSA) is 43.4 Å². The van der Waals surface area contributed by atoms with Crippen LogP contribution in [0, 0.1) is 5.92 Å². The van der Waals surface area contributed by atoms with E-state index in [9.17, 15) is 9.59 Å². The molecule has 0 rings (SSSR count). The number of unbranched alkanes of at least 4 members (excludes halogenated alkanes) is 3. The first kappa shape index (κ1) is 15.1. The first-order valence-corrected chi connectivity index (χ1v) is 6.03. The normalized spacial score (nSPS) is 13.2. The van der Waals surface area contributed by atoms with Crippen LogP contribution in [0.4, 0.5) is 0 Å². The van der Waals surface area contributed by atoms with Gasteiger partial charge in [-0.3, -0.25) is 4.79 Å². The highest BCUT2D eigenvalue weighted by molar-refractivity contribution is 5.72. The summed E-state index contributed by atoms with van der Waals surface area (Å²) >= 11 is 0. The van der Waals surface area contributed by atoms with Gasteiger partial charge in [-0.1, -0.05) is 19.8 Å². The van der Waals surface area contributed by atoms with Crippen molar-refractivity contribution < 1.29 is 14.3 Å². The average Bonchev–Trinajstić information content (AvgIpc) is 2.14. The molecule has 1 unspecified atom stereocenters. The van der Waals surface area contributed by atoms with Crippen LogP contribution < -0.4 is 0 Å². The van der Waals surface area contributed by atoms with Crippen molar-refractivity contribution in [3.8, 4) is 0 Å². The third-order valence-electron chi connectivity index (χ3n) is 2.27. The van der Waals surface area contributed by atoms with Gasteiger partial charge in [0, 0.05) is 6.42 Å². The van der Waals surface area contributed by atoms with Crippen molar-refractivity contribution in [3.05, 3.63) is 0 Å². The second-order valence-electron chi connectivity index (χ2n) is 5.24. The maximum Gasteiger partial charge on any atom is 0.309 e. The molecule has 16 heavy (non-hydrogen) atoms. The molecule has 0 radical (unpaired) electrons. The Morgan fingerprint density at radius 2 is 1.88 bits per heavy atom. The van der Waals surface area contributed by atoms with E-state index in [1.54, 1.807) is 0 Å². The lowest BCUT2D eigenvalue weighted by atomic mass is 10.0. The van der Waals surface area contributed by atoms with Crippen LogP contribution in [0.3, 0.4) is 0 Å². The fraction of sp³-hybridized carbons (Fsp3) is 0.846. The smallest absolute Gasteiger partial charge is 0.309 e. The van der Waals surface area contributed by atoms with Crippen LogP contribution in [0.5, 0.6) is 0 Å². The van der Waals surface area contributed by atoms with E-state index in [1.807, 2.05) is 27.7 Å². The Balaban J connectivity index is 3.67. The van der Waals surface area contributed by atoms with Crippen molar-refractivity contribution in [2.75, 3.05) is 0 Å². The molecule has 1 atom stereocenters. The summed E-state index contributed by atoms with van der Waals surface area (Å²) in [6.45, 7) is 7.53. The first-order chi connectivity index (χ1) is 7.37. The summed E-state index contributed by atoms with van der Waals surface area (Å²) in [4.78, 5) is 21.7. The Hall–Kier alpha value is -0.860. The van der Waals surface area contributed by atoms with Gasteiger partial charge in [-0.2, -0.15) is 0 Å². The summed E-state index contributed by atoms with van der Waals surface area (Å²) in [5.74, 6) is -0.168. The van der Waals surface area contributed by atoms with Crippen LogP contribution in [0.15, 0.2) is 0 Å². The van der Waals surface area contributed by atoms with E-state index < -0.39 is 5.60 Å². The van der Waals surface area contributed by atoms with Crippen molar-refractivity contribution >= 4 is 12.3 Å². The minimum absolute atomic E-state index is 0.0459. The maximum absolute atomic E-state index is 11.6. The van der Waals surface area contributed by atoms with Crippen molar-refractivity contribution in [2.24, 2.45) is 5.92 Å². The number of aldehydes is 1. The van der Waals surface area contributed by atoms with Crippen LogP contribution in [0.2, 0.25) is 0 Å². The van der Waals surface area contributed by atoms with Crippen LogP contribution in [0.1, 0.15) is 59.8 Å². The zero-order chi connectivity index (χ0) is 12.6. The van der Waals surface area contributed by atoms with E-state index in [0.717, 1.165) is 32.0 Å². The van der Waals surface area contributed by atoms with Crippen molar-refractivity contribution in [2.45, 2.75) is 65.4 Å². The van der Waals surface area contributed by atoms with Gasteiger partial charge in [0.1, 0.15) is 11.9 Å². The fourth-order valence-electron chi connectivity index (χ4n) is 1.38. The lowest BCUT2D eigenvalue weighted by Crippen LogP contribution is -2.27. The highest BCUT2D eigenvalue weighted by atomic mass is 16.6. The molecule has 0 aromatic carbocycles. The molecule has 0 bridgehead atoms. The number of esters is 1. The molecule has 0 aliphatic heterocycles. The minimum atomic E-state index is -0.400. The molecule has 0 amide bonds. The summed E-state index contributed by atoms with van der Waals surface area (Å²) in [5, 5.41) is 0. The molecule has 0 aliphatic carbocycles. The molecule has 0 heterocycles. The summed E-state index contributed by atoms with van der Waals surface area (Å²) in [7, 11) is 0. The Morgan fingerprint density at radius 1 is 1.25 bits per heavy atom. The molecule has 0 saturated heterocycles. The summed E-state index contributed by atoms with van der Waals surface area (Å²) in [5.41, 5.74) is -0.400. The highest BCUT2D eigenvalue weighted by Gasteiger charge is 2.20. The monoisotopic (exact) mass is 228 g/mol. The van der Waals surface area contributed by atoms with E-state index in [0.29, 0.717) is 6.42 Å². The van der Waals surface area contributed by atoms with Gasteiger partial charge >= 0.3 is 5.97 Å². The van der Waals surface area contributed by atoms with E-state index >= 15 is 0 Å². The Labute approximate surface area is 98.6 Å². The molecular weight excluding hydrogens is 204 g/mol. The molecule has 0 fully saturated rings. The van der Waals surface area contributed by atoms with Gasteiger partial charge in [0.15, 0.2) is 0 Å². The van der Waals surface area contributed by atoms with Gasteiger partial charge < -0.3 is 9.53 Å². The van der Waals surface area contributed by atoms with Gasteiger partial charge in [-0.05, 0) is 33.6 Å². The maximum atomic E-state index is 11.6. The zero-order valence-corrected chi connectivity index (χ0v) is 10.9. The highest BCUT2D eigenvalue weighted by Crippen LogP contribution is 2.16. The second kappa shape index (κ2) is 7.42. The molecule has 0 aromatic heterocycles. The van der Waals surface area contributed by atoms with Gasteiger partial charge in [0.2, 0.25) is 0 Å². The van der Waals surface area contributed by atoms with E-state index in [-0.39, 0.29) is 11.9 Å². The molecule has 0 N–H and O–H groups in total. The minimum Gasteiger partial charge on any atom is -0.460 e. The quantitative estimate of drug-likeness (QED) is 0.382. The van der Waals surface area contributed by atoms with E-state index in [2.05, 4.69) is 0 Å². The van der Waals surface area contributed by atoms with Gasteiger partial charge in [-0.25, -0.2) is 0 Å². The first-order valence-electron chi connectivity index (χ1n) is 6.03. The standard InChI is InChI=1S/C13H24O3/c1-11(9-7-5-6-8-10-14)12(15)16-13(2,3)4/h10-11H,5-9H2,1-4H3. The molecular formula is C13H24O3. The van der Waals surface area contributed by atoms with Crippen LogP contribution in [-0.4, -0.2) is 17.9 Å². The number of hydrogen-bond acceptors (Lipinski definition) is 3. The lowest BCUT2D eigenvalue weighted by molar-refractivity contribution is -0.159. The Bertz CT molecular complexity index is 216. The largest absolute Gasteiger partial charge is 0.460 e. The molecule has 3 heteroatoms. The number of ether oxygens (including phenoxy) is 1. The average molecular weight is 228 g/mol. The molecule has 0 aliphatic rings. The van der Waals surface area contributed by atoms with E-state index in [1.165, 1.54) is 0 Å². The molecule has 0 aromatic rings. The third-order valence-corrected chi connectivity index (χ3v) is 2.27. The number of hydrogen-bond donors (Lipinski definition) is 0. The second-order valence-corrected chi connectivity index (χ2v) is 5.24. The Kier molecular flexibility index (Phi) is 7.02. The molecule has 94 valence electrons. The SMILES string of the molecule is CC(CCCCCC=O)C(=O)OC(C)(C)C. The molecule has 3 nitrogen and oxygen atoms in total. The van der Waals surface area contributed by atoms with Crippen molar-refractivity contribution in [1.82, 2.24) is 0 Å². The van der Waals surface area contributed by atoms with Crippen LogP contribution in [0.25, 0.3) is 0 Å². The van der Waals surface area contributed by atoms with E-state index in [4.69, 9.17) is 4.74 Å². The van der Waals surface area contributed by atoms with Gasteiger partial charge in [0.05, 0.1) is 5.92 Å². The lowest BCUT2D eigenvalue weighted by Gasteiger charge is -2.22. The molecule has 0 spiro atoms. The predicted octanol–water partition coefficient (Wildman–Crippen LogP) is 3.11. The molecule has 0 saturated carbocycles. The van der Waals surface area contributed by atoms with Crippen LogP contribution >= 0.6 is 0 Å². The number of carbonyl (C=O) groups is 2. The summed E-state index contributed by atoms with van der Waals surface area (Å²) < 4.78 is 5.28.